The van der Waals surface area contributed by atoms with Crippen molar-refractivity contribution in [1.29, 1.82) is 0 Å². The molecule has 20 heavy (non-hydrogen) atoms. The number of nitrogens with zero attached hydrogens (tertiary/aromatic N) is 1. The summed E-state index contributed by atoms with van der Waals surface area (Å²) in [5.41, 5.74) is 6.35. The molecule has 0 aliphatic heterocycles. The average molecular weight is 284 g/mol. The van der Waals surface area contributed by atoms with Crippen LogP contribution in [0.15, 0.2) is 0 Å². The largest absolute Gasteiger partial charge is 0.330 e. The van der Waals surface area contributed by atoms with Crippen LogP contribution in [0.5, 0.6) is 0 Å². The maximum atomic E-state index is 10.6. The molecule has 3 atom stereocenters. The minimum absolute atomic E-state index is 0.0104. The summed E-state index contributed by atoms with van der Waals surface area (Å²) in [4.78, 5) is 15.4. The molecule has 2 fully saturated rings. The van der Waals surface area contributed by atoms with Crippen molar-refractivity contribution in [2.75, 3.05) is 13.2 Å². The van der Waals surface area contributed by atoms with Crippen LogP contribution < -0.4 is 5.73 Å². The maximum Gasteiger partial charge on any atom is 0.294 e. The highest BCUT2D eigenvalue weighted by molar-refractivity contribution is 5.04. The first-order valence-electron chi connectivity index (χ1n) is 7.84. The Morgan fingerprint density at radius 1 is 1.25 bits per heavy atom. The van der Waals surface area contributed by atoms with E-state index in [0.29, 0.717) is 12.0 Å². The molecule has 2 saturated carbocycles. The fourth-order valence-corrected chi connectivity index (χ4v) is 5.30. The Morgan fingerprint density at radius 2 is 1.90 bits per heavy atom. The normalized spacial score (nSPS) is 40.4. The Labute approximate surface area is 121 Å². The molecule has 0 heterocycles. The number of nitrogens with two attached hydrogens (primary N) is 1. The van der Waals surface area contributed by atoms with Crippen molar-refractivity contribution < 1.29 is 9.92 Å². The fourth-order valence-electron chi connectivity index (χ4n) is 5.30. The van der Waals surface area contributed by atoms with Crippen LogP contribution in [0.3, 0.4) is 0 Å². The van der Waals surface area contributed by atoms with Crippen LogP contribution in [0.2, 0.25) is 0 Å². The number of hydrogen-bond acceptors (Lipinski definition) is 4. The monoisotopic (exact) mass is 284 g/mol. The molecule has 5 heteroatoms. The molecule has 2 N–H and O–H groups in total. The van der Waals surface area contributed by atoms with Gasteiger partial charge in [0.1, 0.15) is 6.61 Å². The summed E-state index contributed by atoms with van der Waals surface area (Å²) in [6.07, 6.45) is 8.98. The lowest BCUT2D eigenvalue weighted by Crippen LogP contribution is -2.50. The van der Waals surface area contributed by atoms with Gasteiger partial charge in [0.25, 0.3) is 5.09 Å². The highest BCUT2D eigenvalue weighted by Crippen LogP contribution is 2.63. The predicted octanol–water partition coefficient (Wildman–Crippen LogP) is 3.30. The molecule has 0 amide bonds. The van der Waals surface area contributed by atoms with Gasteiger partial charge in [-0.25, -0.2) is 0 Å². The van der Waals surface area contributed by atoms with E-state index in [1.165, 1.54) is 19.3 Å². The van der Waals surface area contributed by atoms with Gasteiger partial charge < -0.3 is 10.6 Å². The lowest BCUT2D eigenvalue weighted by atomic mass is 9.47. The molecule has 5 nitrogen and oxygen atoms in total. The summed E-state index contributed by atoms with van der Waals surface area (Å²) >= 11 is 0. The SMILES string of the molecule is CCC12CCCC(CO[N+](=O)[O-])(CC(C)(CCN)C1)C2. The van der Waals surface area contributed by atoms with Gasteiger partial charge in [0.15, 0.2) is 0 Å². The number of hydrogen-bond donors (Lipinski definition) is 1. The molecule has 3 unspecified atom stereocenters. The van der Waals surface area contributed by atoms with Gasteiger partial charge >= 0.3 is 0 Å². The third kappa shape index (κ3) is 3.08. The molecule has 2 bridgehead atoms. The fraction of sp³-hybridized carbons (Fsp3) is 1.00. The maximum absolute atomic E-state index is 10.6. The summed E-state index contributed by atoms with van der Waals surface area (Å²) < 4.78 is 0. The number of fused-ring (bicyclic) bond motifs is 2. The molecule has 0 aromatic rings. The van der Waals surface area contributed by atoms with Crippen molar-refractivity contribution in [3.05, 3.63) is 10.1 Å². The summed E-state index contributed by atoms with van der Waals surface area (Å²) in [7, 11) is 0. The van der Waals surface area contributed by atoms with Crippen molar-refractivity contribution in [3.63, 3.8) is 0 Å². The molecule has 116 valence electrons. The van der Waals surface area contributed by atoms with Crippen molar-refractivity contribution in [3.8, 4) is 0 Å². The van der Waals surface area contributed by atoms with Crippen LogP contribution in [0, 0.1) is 26.4 Å². The Balaban J connectivity index is 2.22. The molecule has 2 rings (SSSR count). The Kier molecular flexibility index (Phi) is 4.28. The van der Waals surface area contributed by atoms with Gasteiger partial charge in [0.05, 0.1) is 0 Å². The zero-order valence-electron chi connectivity index (χ0n) is 12.8. The summed E-state index contributed by atoms with van der Waals surface area (Å²) in [6, 6.07) is 0. The van der Waals surface area contributed by atoms with Gasteiger partial charge in [-0.3, -0.25) is 0 Å². The van der Waals surface area contributed by atoms with E-state index in [2.05, 4.69) is 13.8 Å². The summed E-state index contributed by atoms with van der Waals surface area (Å²) in [6.45, 7) is 5.54. The van der Waals surface area contributed by atoms with Gasteiger partial charge in [-0.1, -0.05) is 26.7 Å². The van der Waals surface area contributed by atoms with Crippen molar-refractivity contribution >= 4 is 0 Å². The molecule has 0 aromatic heterocycles. The molecule has 0 radical (unpaired) electrons. The number of rotatable bonds is 6. The lowest BCUT2D eigenvalue weighted by Gasteiger charge is -2.58. The second-order valence-corrected chi connectivity index (χ2v) is 7.58. The second kappa shape index (κ2) is 5.51. The standard InChI is InChI=1S/C15H28N2O3/c1-3-14-5-4-6-15(11-14,12-20-17(18)19)10-13(2,9-14)7-8-16/h3-12,16H2,1-2H3. The topological polar surface area (TPSA) is 78.4 Å². The van der Waals surface area contributed by atoms with Crippen molar-refractivity contribution in [2.24, 2.45) is 22.0 Å². The second-order valence-electron chi connectivity index (χ2n) is 7.58. The molecule has 0 saturated heterocycles. The van der Waals surface area contributed by atoms with Crippen molar-refractivity contribution in [2.45, 2.75) is 65.2 Å². The smallest absolute Gasteiger partial charge is 0.294 e. The average Bonchev–Trinajstić information content (AvgIpc) is 2.36. The van der Waals surface area contributed by atoms with Crippen LogP contribution in [0.1, 0.15) is 65.2 Å². The van der Waals surface area contributed by atoms with Gasteiger partial charge in [0, 0.05) is 0 Å². The first-order chi connectivity index (χ1) is 9.37. The van der Waals surface area contributed by atoms with Gasteiger partial charge in [-0.2, -0.15) is 0 Å². The third-order valence-corrected chi connectivity index (χ3v) is 5.74. The lowest BCUT2D eigenvalue weighted by molar-refractivity contribution is -0.761. The molecule has 2 aliphatic carbocycles. The van der Waals surface area contributed by atoms with E-state index >= 15 is 0 Å². The minimum Gasteiger partial charge on any atom is -0.330 e. The minimum atomic E-state index is -0.633. The van der Waals surface area contributed by atoms with E-state index in [-0.39, 0.29) is 17.4 Å². The predicted molar refractivity (Wildman–Crippen MR) is 77.6 cm³/mol. The zero-order chi connectivity index (χ0) is 14.9. The Morgan fingerprint density at radius 3 is 2.50 bits per heavy atom. The van der Waals surface area contributed by atoms with Gasteiger partial charge in [0.2, 0.25) is 0 Å². The zero-order valence-corrected chi connectivity index (χ0v) is 12.8. The van der Waals surface area contributed by atoms with Crippen LogP contribution >= 0.6 is 0 Å². The van der Waals surface area contributed by atoms with E-state index in [9.17, 15) is 10.1 Å². The van der Waals surface area contributed by atoms with E-state index < -0.39 is 5.09 Å². The quantitative estimate of drug-likeness (QED) is 0.599. The third-order valence-electron chi connectivity index (χ3n) is 5.74. The van der Waals surface area contributed by atoms with E-state index in [0.717, 1.165) is 32.1 Å². The van der Waals surface area contributed by atoms with Crippen LogP contribution in [0.4, 0.5) is 0 Å². The van der Waals surface area contributed by atoms with Crippen molar-refractivity contribution in [1.82, 2.24) is 0 Å². The summed E-state index contributed by atoms with van der Waals surface area (Å²) in [5, 5.41) is 9.97. The highest BCUT2D eigenvalue weighted by atomic mass is 16.9. The van der Waals surface area contributed by atoms with Gasteiger partial charge in [-0.05, 0) is 61.3 Å². The molecule has 0 spiro atoms. The molecular weight excluding hydrogens is 256 g/mol. The van der Waals surface area contributed by atoms with Crippen LogP contribution in [-0.2, 0) is 4.84 Å². The van der Waals surface area contributed by atoms with Crippen LogP contribution in [-0.4, -0.2) is 18.2 Å². The first-order valence-corrected chi connectivity index (χ1v) is 7.84. The first kappa shape index (κ1) is 15.5. The Bertz CT molecular complexity index is 376. The van der Waals surface area contributed by atoms with Gasteiger partial charge in [-0.15, -0.1) is 10.1 Å². The highest BCUT2D eigenvalue weighted by Gasteiger charge is 2.54. The van der Waals surface area contributed by atoms with E-state index in [1.807, 2.05) is 0 Å². The Hall–Kier alpha value is -0.840. The van der Waals surface area contributed by atoms with E-state index in [1.54, 1.807) is 0 Å². The van der Waals surface area contributed by atoms with Crippen LogP contribution in [0.25, 0.3) is 0 Å². The van der Waals surface area contributed by atoms with E-state index in [4.69, 9.17) is 10.6 Å². The molecular formula is C15H28N2O3. The molecule has 2 aliphatic rings. The molecule has 0 aromatic carbocycles. The summed E-state index contributed by atoms with van der Waals surface area (Å²) in [5.74, 6) is 0.